The average molecular weight is 447 g/mol. The second kappa shape index (κ2) is 9.20. The molecule has 3 aromatic rings. The van der Waals surface area contributed by atoms with Crippen molar-refractivity contribution in [1.29, 1.82) is 0 Å². The van der Waals surface area contributed by atoms with E-state index in [-0.39, 0.29) is 12.5 Å². The number of nitrogens with zero attached hydrogens (tertiary/aromatic N) is 5. The minimum Gasteiger partial charge on any atom is -0.348 e. The first-order chi connectivity index (χ1) is 15.4. The minimum absolute atomic E-state index is 0.232. The minimum atomic E-state index is -0.232. The van der Waals surface area contributed by atoms with Crippen molar-refractivity contribution in [3.63, 3.8) is 0 Å². The maximum atomic E-state index is 12.7. The van der Waals surface area contributed by atoms with Crippen molar-refractivity contribution in [1.82, 2.24) is 24.5 Å². The van der Waals surface area contributed by atoms with Crippen molar-refractivity contribution in [2.24, 2.45) is 4.99 Å². The molecular formula is C24H23ClN6O. The zero-order chi connectivity index (χ0) is 22.7. The molecule has 0 bridgehead atoms. The van der Waals surface area contributed by atoms with Crippen LogP contribution in [0.4, 0.5) is 0 Å². The van der Waals surface area contributed by atoms with E-state index < -0.39 is 0 Å². The molecule has 0 saturated carbocycles. The van der Waals surface area contributed by atoms with Gasteiger partial charge < -0.3 is 9.72 Å². The zero-order valence-corrected chi connectivity index (χ0v) is 18.7. The van der Waals surface area contributed by atoms with Crippen LogP contribution in [0.25, 0.3) is 5.65 Å². The van der Waals surface area contributed by atoms with E-state index in [1.165, 1.54) is 0 Å². The molecule has 4 heterocycles. The number of hydrogen-bond donors (Lipinski definition) is 1. The van der Waals surface area contributed by atoms with Crippen molar-refractivity contribution in [2.45, 2.75) is 20.4 Å². The molecule has 8 heteroatoms. The first kappa shape index (κ1) is 21.5. The lowest BCUT2D eigenvalue weighted by atomic mass is 10.1. The van der Waals surface area contributed by atoms with E-state index in [1.54, 1.807) is 35.4 Å². The number of carbonyl (C=O) groups is 1. The third-order valence-corrected chi connectivity index (χ3v) is 5.19. The second-order valence-electron chi connectivity index (χ2n) is 7.62. The molecule has 0 spiro atoms. The summed E-state index contributed by atoms with van der Waals surface area (Å²) in [6.45, 7) is 8.68. The Morgan fingerprint density at radius 1 is 1.25 bits per heavy atom. The number of carbonyl (C=O) groups excluding carboxylic acids is 1. The number of aliphatic imine (C=N–C) groups is 1. The van der Waals surface area contributed by atoms with E-state index >= 15 is 0 Å². The molecule has 7 nitrogen and oxygen atoms in total. The van der Waals surface area contributed by atoms with Crippen LogP contribution in [0.3, 0.4) is 0 Å². The number of aromatic nitrogens is 4. The number of aryl methyl sites for hydroxylation is 1. The summed E-state index contributed by atoms with van der Waals surface area (Å²) in [6, 6.07) is 4.05. The summed E-state index contributed by atoms with van der Waals surface area (Å²) < 4.78 is 3.67. The van der Waals surface area contributed by atoms with Crippen molar-refractivity contribution in [3.05, 3.63) is 101 Å². The van der Waals surface area contributed by atoms with Crippen LogP contribution >= 0.6 is 11.6 Å². The smallest absolute Gasteiger partial charge is 0.254 e. The maximum Gasteiger partial charge on any atom is 0.254 e. The predicted octanol–water partition coefficient (Wildman–Crippen LogP) is 4.21. The molecule has 32 heavy (non-hydrogen) atoms. The fourth-order valence-corrected chi connectivity index (χ4v) is 3.39. The van der Waals surface area contributed by atoms with Gasteiger partial charge in [0.1, 0.15) is 5.65 Å². The number of hydrogen-bond acceptors (Lipinski definition) is 4. The summed E-state index contributed by atoms with van der Waals surface area (Å²) in [4.78, 5) is 21.6. The SMILES string of the molecule is C=C1/C=C(Cl)\C=C/C(C)=NC=C1CNC(=O)c1cnn(Cc2cn3ccc(C)cc3n2)c1. The monoisotopic (exact) mass is 446 g/mol. The molecule has 1 N–H and O–H groups in total. The molecule has 3 aromatic heterocycles. The molecule has 162 valence electrons. The predicted molar refractivity (Wildman–Crippen MR) is 127 cm³/mol. The highest BCUT2D eigenvalue weighted by Crippen LogP contribution is 2.17. The van der Waals surface area contributed by atoms with E-state index in [1.807, 2.05) is 48.9 Å². The average Bonchev–Trinajstić information content (AvgIpc) is 3.38. The standard InChI is InChI=1S/C24H23ClN6O/c1-16-6-7-30-14-22(29-23(30)8-16)15-31-13-20(12-28-31)24(32)27-11-19-10-26-18(3)4-5-21(25)9-17(19)2/h4-10,12-14H,2,11,15H2,1,3H3,(H,27,32)/b5-4-,19-10?,21-9+,26-18?. The molecule has 0 fully saturated rings. The van der Waals surface area contributed by atoms with Gasteiger partial charge in [-0.25, -0.2) is 4.98 Å². The lowest BCUT2D eigenvalue weighted by molar-refractivity contribution is 0.0957. The summed E-state index contributed by atoms with van der Waals surface area (Å²) in [6.07, 6.45) is 14.2. The van der Waals surface area contributed by atoms with Crippen molar-refractivity contribution in [3.8, 4) is 0 Å². The summed E-state index contributed by atoms with van der Waals surface area (Å²) in [5.41, 5.74) is 5.63. The normalized spacial score (nSPS) is 17.0. The van der Waals surface area contributed by atoms with Crippen LogP contribution in [-0.4, -0.2) is 37.3 Å². The van der Waals surface area contributed by atoms with Gasteiger partial charge in [0.2, 0.25) is 0 Å². The topological polar surface area (TPSA) is 76.6 Å². The molecule has 0 unspecified atom stereocenters. The number of amides is 1. The van der Waals surface area contributed by atoms with E-state index in [9.17, 15) is 4.79 Å². The number of imidazole rings is 1. The van der Waals surface area contributed by atoms with Gasteiger partial charge in [-0.2, -0.15) is 5.10 Å². The third kappa shape index (κ3) is 5.12. The Bertz CT molecular complexity index is 1320. The summed E-state index contributed by atoms with van der Waals surface area (Å²) >= 11 is 6.18. The van der Waals surface area contributed by atoms with Crippen LogP contribution in [0.1, 0.15) is 28.5 Å². The van der Waals surface area contributed by atoms with Gasteiger partial charge in [-0.1, -0.05) is 18.2 Å². The number of fused-ring (bicyclic) bond motifs is 1. The molecule has 1 amide bonds. The van der Waals surface area contributed by atoms with Crippen molar-refractivity contribution >= 4 is 28.9 Å². The van der Waals surface area contributed by atoms with E-state index in [0.29, 0.717) is 22.7 Å². The highest BCUT2D eigenvalue weighted by molar-refractivity contribution is 6.31. The Hall–Kier alpha value is -3.71. The van der Waals surface area contributed by atoms with E-state index in [0.717, 1.165) is 28.2 Å². The molecule has 1 aliphatic rings. The van der Waals surface area contributed by atoms with Gasteiger partial charge in [0, 0.05) is 42.1 Å². The molecule has 0 aromatic carbocycles. The quantitative estimate of drug-likeness (QED) is 0.637. The molecule has 0 aliphatic carbocycles. The van der Waals surface area contributed by atoms with Crippen molar-refractivity contribution in [2.75, 3.05) is 6.54 Å². The molecule has 0 radical (unpaired) electrons. The van der Waals surface area contributed by atoms with Crippen molar-refractivity contribution < 1.29 is 4.79 Å². The molecular weight excluding hydrogens is 424 g/mol. The number of nitrogens with one attached hydrogen (secondary N) is 1. The Labute approximate surface area is 191 Å². The Morgan fingerprint density at radius 2 is 2.09 bits per heavy atom. The van der Waals surface area contributed by atoms with Gasteiger partial charge in [-0.05, 0) is 60.9 Å². The van der Waals surface area contributed by atoms with Gasteiger partial charge >= 0.3 is 0 Å². The first-order valence-electron chi connectivity index (χ1n) is 10.1. The zero-order valence-electron chi connectivity index (χ0n) is 17.9. The second-order valence-corrected chi connectivity index (χ2v) is 8.06. The van der Waals surface area contributed by atoms with Crippen LogP contribution in [0.2, 0.25) is 0 Å². The van der Waals surface area contributed by atoms with Gasteiger partial charge in [0.15, 0.2) is 0 Å². The fraction of sp³-hybridized carbons (Fsp3) is 0.167. The third-order valence-electron chi connectivity index (χ3n) is 4.96. The number of pyridine rings is 1. The largest absolute Gasteiger partial charge is 0.348 e. The van der Waals surface area contributed by atoms with Gasteiger partial charge in [0.05, 0.1) is 24.0 Å². The summed E-state index contributed by atoms with van der Waals surface area (Å²) in [5, 5.41) is 7.75. The first-order valence-corrected chi connectivity index (χ1v) is 10.5. The fourth-order valence-electron chi connectivity index (χ4n) is 3.20. The van der Waals surface area contributed by atoms with Crippen LogP contribution in [0.5, 0.6) is 0 Å². The maximum absolute atomic E-state index is 12.7. The molecule has 0 atom stereocenters. The van der Waals surface area contributed by atoms with Crippen LogP contribution in [0, 0.1) is 6.92 Å². The number of rotatable bonds is 5. The highest BCUT2D eigenvalue weighted by Gasteiger charge is 2.12. The summed E-state index contributed by atoms with van der Waals surface area (Å²) in [7, 11) is 0. The lowest BCUT2D eigenvalue weighted by Crippen LogP contribution is -2.25. The number of halogens is 1. The van der Waals surface area contributed by atoms with Crippen LogP contribution < -0.4 is 5.32 Å². The van der Waals surface area contributed by atoms with E-state index in [2.05, 4.69) is 27.0 Å². The van der Waals surface area contributed by atoms with Gasteiger partial charge in [-0.3, -0.25) is 14.5 Å². The molecule has 4 rings (SSSR count). The molecule has 1 aliphatic heterocycles. The lowest BCUT2D eigenvalue weighted by Gasteiger charge is -2.08. The van der Waals surface area contributed by atoms with Crippen LogP contribution in [0.15, 0.2) is 89.1 Å². The summed E-state index contributed by atoms with van der Waals surface area (Å²) in [5.74, 6) is -0.232. The van der Waals surface area contributed by atoms with Gasteiger partial charge in [0.25, 0.3) is 5.91 Å². The van der Waals surface area contributed by atoms with Gasteiger partial charge in [-0.15, -0.1) is 0 Å². The highest BCUT2D eigenvalue weighted by atomic mass is 35.5. The Morgan fingerprint density at radius 3 is 2.94 bits per heavy atom. The Kier molecular flexibility index (Phi) is 6.18. The van der Waals surface area contributed by atoms with Crippen LogP contribution in [-0.2, 0) is 6.54 Å². The van der Waals surface area contributed by atoms with E-state index in [4.69, 9.17) is 11.6 Å². The Balaban J connectivity index is 1.42. The molecule has 0 saturated heterocycles. The number of allylic oxidation sites excluding steroid dienone is 4.